The van der Waals surface area contributed by atoms with Crippen molar-refractivity contribution >= 4 is 11.8 Å². The van der Waals surface area contributed by atoms with Gasteiger partial charge in [-0.15, -0.1) is 0 Å². The van der Waals surface area contributed by atoms with E-state index >= 15 is 0 Å². The van der Waals surface area contributed by atoms with Gasteiger partial charge in [0, 0.05) is 20.0 Å². The molecule has 0 spiro atoms. The minimum atomic E-state index is -0.235. The third-order valence-electron chi connectivity index (χ3n) is 2.56. The number of hydrogen-bond acceptors (Lipinski definition) is 2. The lowest BCUT2D eigenvalue weighted by molar-refractivity contribution is -0.140. The molecular formula is C10H18N2O2. The van der Waals surface area contributed by atoms with Crippen LogP contribution in [0.15, 0.2) is 0 Å². The first kappa shape index (κ1) is 11.0. The standard InChI is InChI=1S/C10H18N2O2/c1-3-11-10(14)9-6-4-5-7-12(9)8(2)13/h9H,3-7H2,1-2H3,(H,11,14). The molecule has 2 amide bonds. The average Bonchev–Trinajstić information content (AvgIpc) is 2.18. The van der Waals surface area contributed by atoms with Crippen molar-refractivity contribution in [3.8, 4) is 0 Å². The Labute approximate surface area is 84.7 Å². The Morgan fingerprint density at radius 2 is 2.14 bits per heavy atom. The largest absolute Gasteiger partial charge is 0.355 e. The summed E-state index contributed by atoms with van der Waals surface area (Å²) in [6, 6.07) is -0.235. The second-order valence-corrected chi connectivity index (χ2v) is 3.62. The van der Waals surface area contributed by atoms with Crippen molar-refractivity contribution in [2.24, 2.45) is 0 Å². The summed E-state index contributed by atoms with van der Waals surface area (Å²) in [6.07, 6.45) is 2.84. The SMILES string of the molecule is CCNC(=O)C1CCCCN1C(C)=O. The van der Waals surface area contributed by atoms with Crippen molar-refractivity contribution in [1.29, 1.82) is 0 Å². The number of piperidine rings is 1. The zero-order chi connectivity index (χ0) is 10.6. The molecule has 1 fully saturated rings. The number of likely N-dealkylation sites (N-methyl/N-ethyl adjacent to an activating group) is 1. The van der Waals surface area contributed by atoms with Crippen LogP contribution in [0.5, 0.6) is 0 Å². The van der Waals surface area contributed by atoms with Crippen LogP contribution in [0.3, 0.4) is 0 Å². The van der Waals surface area contributed by atoms with Crippen LogP contribution in [0.2, 0.25) is 0 Å². The molecule has 0 aliphatic carbocycles. The number of carbonyl (C=O) groups is 2. The van der Waals surface area contributed by atoms with Gasteiger partial charge in [0.2, 0.25) is 11.8 Å². The van der Waals surface area contributed by atoms with Crippen LogP contribution in [0, 0.1) is 0 Å². The fourth-order valence-corrected chi connectivity index (χ4v) is 1.87. The van der Waals surface area contributed by atoms with Crippen molar-refractivity contribution in [2.75, 3.05) is 13.1 Å². The Kier molecular flexibility index (Phi) is 3.92. The second-order valence-electron chi connectivity index (χ2n) is 3.62. The number of nitrogens with one attached hydrogen (secondary N) is 1. The summed E-state index contributed by atoms with van der Waals surface area (Å²) in [5.41, 5.74) is 0. The minimum Gasteiger partial charge on any atom is -0.355 e. The fraction of sp³-hybridized carbons (Fsp3) is 0.800. The van der Waals surface area contributed by atoms with Crippen molar-refractivity contribution < 1.29 is 9.59 Å². The molecule has 14 heavy (non-hydrogen) atoms. The van der Waals surface area contributed by atoms with Crippen LogP contribution in [0.1, 0.15) is 33.1 Å². The van der Waals surface area contributed by atoms with E-state index in [-0.39, 0.29) is 17.9 Å². The Balaban J connectivity index is 2.62. The van der Waals surface area contributed by atoms with Gasteiger partial charge >= 0.3 is 0 Å². The zero-order valence-electron chi connectivity index (χ0n) is 8.88. The number of likely N-dealkylation sites (tertiary alicyclic amines) is 1. The molecule has 1 atom stereocenters. The van der Waals surface area contributed by atoms with Crippen LogP contribution in [-0.4, -0.2) is 35.8 Å². The zero-order valence-corrected chi connectivity index (χ0v) is 8.88. The van der Waals surface area contributed by atoms with E-state index < -0.39 is 0 Å². The Hall–Kier alpha value is -1.06. The maximum Gasteiger partial charge on any atom is 0.242 e. The van der Waals surface area contributed by atoms with E-state index in [0.29, 0.717) is 6.54 Å². The number of rotatable bonds is 2. The van der Waals surface area contributed by atoms with E-state index in [0.717, 1.165) is 25.8 Å². The van der Waals surface area contributed by atoms with Crippen molar-refractivity contribution in [1.82, 2.24) is 10.2 Å². The first-order chi connectivity index (χ1) is 6.66. The summed E-state index contributed by atoms with van der Waals surface area (Å²) in [5.74, 6) is -0.0108. The lowest BCUT2D eigenvalue weighted by Gasteiger charge is -2.33. The molecular weight excluding hydrogens is 180 g/mol. The highest BCUT2D eigenvalue weighted by molar-refractivity contribution is 5.87. The third kappa shape index (κ3) is 2.47. The quantitative estimate of drug-likeness (QED) is 0.703. The van der Waals surface area contributed by atoms with Crippen molar-refractivity contribution in [3.63, 3.8) is 0 Å². The summed E-state index contributed by atoms with van der Waals surface area (Å²) in [7, 11) is 0. The second kappa shape index (κ2) is 4.98. The Morgan fingerprint density at radius 3 is 2.71 bits per heavy atom. The first-order valence-electron chi connectivity index (χ1n) is 5.21. The van der Waals surface area contributed by atoms with Crippen molar-refractivity contribution in [3.05, 3.63) is 0 Å². The normalized spacial score (nSPS) is 21.9. The molecule has 0 radical (unpaired) electrons. The maximum absolute atomic E-state index is 11.6. The predicted molar refractivity (Wildman–Crippen MR) is 53.7 cm³/mol. The third-order valence-corrected chi connectivity index (χ3v) is 2.56. The summed E-state index contributed by atoms with van der Waals surface area (Å²) in [6.45, 7) is 4.76. The van der Waals surface area contributed by atoms with E-state index in [4.69, 9.17) is 0 Å². The van der Waals surface area contributed by atoms with Gasteiger partial charge < -0.3 is 10.2 Å². The van der Waals surface area contributed by atoms with Gasteiger partial charge in [-0.3, -0.25) is 9.59 Å². The average molecular weight is 198 g/mol. The van der Waals surface area contributed by atoms with Gasteiger partial charge in [0.1, 0.15) is 6.04 Å². The monoisotopic (exact) mass is 198 g/mol. The summed E-state index contributed by atoms with van der Waals surface area (Å²) in [4.78, 5) is 24.5. The lowest BCUT2D eigenvalue weighted by Crippen LogP contribution is -2.51. The predicted octanol–water partition coefficient (Wildman–Crippen LogP) is 0.524. The number of nitrogens with zero attached hydrogens (tertiary/aromatic N) is 1. The molecule has 1 rings (SSSR count). The van der Waals surface area contributed by atoms with Crippen LogP contribution >= 0.6 is 0 Å². The molecule has 1 saturated heterocycles. The van der Waals surface area contributed by atoms with E-state index in [1.165, 1.54) is 6.92 Å². The van der Waals surface area contributed by atoms with Gasteiger partial charge in [-0.1, -0.05) is 0 Å². The van der Waals surface area contributed by atoms with E-state index in [9.17, 15) is 9.59 Å². The number of amides is 2. The van der Waals surface area contributed by atoms with Gasteiger partial charge in [-0.25, -0.2) is 0 Å². The van der Waals surface area contributed by atoms with Crippen LogP contribution in [-0.2, 0) is 9.59 Å². The molecule has 4 heteroatoms. The van der Waals surface area contributed by atoms with Crippen LogP contribution in [0.25, 0.3) is 0 Å². The van der Waals surface area contributed by atoms with Gasteiger partial charge in [-0.05, 0) is 26.2 Å². The van der Waals surface area contributed by atoms with E-state index in [1.807, 2.05) is 6.92 Å². The molecule has 1 unspecified atom stereocenters. The summed E-state index contributed by atoms with van der Waals surface area (Å²) < 4.78 is 0. The Morgan fingerprint density at radius 1 is 1.43 bits per heavy atom. The number of hydrogen-bond donors (Lipinski definition) is 1. The Bertz CT molecular complexity index is 228. The lowest BCUT2D eigenvalue weighted by atomic mass is 10.0. The fourth-order valence-electron chi connectivity index (χ4n) is 1.87. The first-order valence-corrected chi connectivity index (χ1v) is 5.21. The highest BCUT2D eigenvalue weighted by Crippen LogP contribution is 2.16. The molecule has 1 aliphatic heterocycles. The van der Waals surface area contributed by atoms with Gasteiger partial charge in [-0.2, -0.15) is 0 Å². The smallest absolute Gasteiger partial charge is 0.242 e. The van der Waals surface area contributed by atoms with Crippen LogP contribution < -0.4 is 5.32 Å². The molecule has 4 nitrogen and oxygen atoms in total. The molecule has 80 valence electrons. The molecule has 0 aromatic heterocycles. The summed E-state index contributed by atoms with van der Waals surface area (Å²) in [5, 5.41) is 2.77. The molecule has 1 N–H and O–H groups in total. The van der Waals surface area contributed by atoms with Crippen molar-refractivity contribution in [2.45, 2.75) is 39.2 Å². The molecule has 0 saturated carbocycles. The number of carbonyl (C=O) groups excluding carboxylic acids is 2. The molecule has 0 aromatic carbocycles. The van der Waals surface area contributed by atoms with Gasteiger partial charge in [0.05, 0.1) is 0 Å². The molecule has 0 bridgehead atoms. The van der Waals surface area contributed by atoms with E-state index in [1.54, 1.807) is 4.90 Å². The summed E-state index contributed by atoms with van der Waals surface area (Å²) >= 11 is 0. The maximum atomic E-state index is 11.6. The molecule has 1 heterocycles. The van der Waals surface area contributed by atoms with Gasteiger partial charge in [0.25, 0.3) is 0 Å². The van der Waals surface area contributed by atoms with E-state index in [2.05, 4.69) is 5.32 Å². The highest BCUT2D eigenvalue weighted by atomic mass is 16.2. The molecule has 1 aliphatic rings. The molecule has 0 aromatic rings. The topological polar surface area (TPSA) is 49.4 Å². The van der Waals surface area contributed by atoms with Crippen LogP contribution in [0.4, 0.5) is 0 Å². The minimum absolute atomic E-state index is 0.000882. The highest BCUT2D eigenvalue weighted by Gasteiger charge is 2.29. The van der Waals surface area contributed by atoms with Gasteiger partial charge in [0.15, 0.2) is 0 Å².